The Hall–Kier alpha value is -2.84. The Kier molecular flexibility index (Phi) is 5.48. The molecule has 7 nitrogen and oxygen atoms in total. The molecule has 3 aromatic heterocycles. The van der Waals surface area contributed by atoms with Gasteiger partial charge in [0.2, 0.25) is 5.95 Å². The maximum atomic E-state index is 13.4. The van der Waals surface area contributed by atoms with Gasteiger partial charge < -0.3 is 4.90 Å². The summed E-state index contributed by atoms with van der Waals surface area (Å²) < 4.78 is 30.4. The van der Waals surface area contributed by atoms with E-state index in [1.54, 1.807) is 22.8 Å². The van der Waals surface area contributed by atoms with Crippen molar-refractivity contribution in [3.63, 3.8) is 0 Å². The van der Waals surface area contributed by atoms with E-state index in [9.17, 15) is 8.78 Å². The molecular weight excluding hydrogens is 352 g/mol. The Labute approximate surface area is 156 Å². The van der Waals surface area contributed by atoms with Gasteiger partial charge in [0.05, 0.1) is 24.1 Å². The molecule has 144 valence electrons. The molecule has 3 aromatic rings. The zero-order valence-electron chi connectivity index (χ0n) is 15.9. The quantitative estimate of drug-likeness (QED) is 0.633. The largest absolute Gasteiger partial charge is 0.338 e. The molecule has 0 aliphatic rings. The normalized spacial score (nSPS) is 11.4. The molecule has 0 radical (unpaired) electrons. The first kappa shape index (κ1) is 18.9. The lowest BCUT2D eigenvalue weighted by molar-refractivity contribution is 0.146. The third-order valence-corrected chi connectivity index (χ3v) is 4.40. The van der Waals surface area contributed by atoms with E-state index >= 15 is 0 Å². The zero-order chi connectivity index (χ0) is 19.6. The Bertz CT molecular complexity index is 916. The number of nitrogens with zero attached hydrogens (tertiary/aromatic N) is 7. The highest BCUT2D eigenvalue weighted by Gasteiger charge is 2.19. The SMILES string of the molecule is CCn1ccc(CN(C)c2nc(-c3cnn(CC)c3C)cc(C(F)F)n2)n1. The summed E-state index contributed by atoms with van der Waals surface area (Å²) in [5.41, 5.74) is 2.57. The van der Waals surface area contributed by atoms with E-state index in [0.29, 0.717) is 18.8 Å². The molecule has 3 heterocycles. The average molecular weight is 375 g/mol. The summed E-state index contributed by atoms with van der Waals surface area (Å²) in [6.45, 7) is 7.77. The summed E-state index contributed by atoms with van der Waals surface area (Å²) in [5.74, 6) is 0.234. The van der Waals surface area contributed by atoms with Crippen LogP contribution in [0.25, 0.3) is 11.3 Å². The molecule has 3 rings (SSSR count). The van der Waals surface area contributed by atoms with Crippen LogP contribution in [0.4, 0.5) is 14.7 Å². The van der Waals surface area contributed by atoms with Gasteiger partial charge in [0.25, 0.3) is 6.43 Å². The summed E-state index contributed by atoms with van der Waals surface area (Å²) >= 11 is 0. The third-order valence-electron chi connectivity index (χ3n) is 4.40. The molecule has 0 aliphatic carbocycles. The summed E-state index contributed by atoms with van der Waals surface area (Å²) in [5, 5.41) is 8.70. The highest BCUT2D eigenvalue weighted by molar-refractivity contribution is 5.63. The lowest BCUT2D eigenvalue weighted by Crippen LogP contribution is -2.20. The molecule has 0 saturated heterocycles. The molecule has 0 atom stereocenters. The maximum Gasteiger partial charge on any atom is 0.280 e. The van der Waals surface area contributed by atoms with Crippen molar-refractivity contribution in [3.05, 3.63) is 41.6 Å². The zero-order valence-corrected chi connectivity index (χ0v) is 15.9. The minimum atomic E-state index is -2.68. The first-order chi connectivity index (χ1) is 12.9. The van der Waals surface area contributed by atoms with Crippen LogP contribution in [0, 0.1) is 6.92 Å². The number of rotatable bonds is 7. The van der Waals surface area contributed by atoms with E-state index in [2.05, 4.69) is 20.2 Å². The highest BCUT2D eigenvalue weighted by atomic mass is 19.3. The second-order valence-electron chi connectivity index (χ2n) is 6.26. The minimum absolute atomic E-state index is 0.234. The predicted octanol–water partition coefficient (Wildman–Crippen LogP) is 3.46. The van der Waals surface area contributed by atoms with E-state index in [1.807, 2.05) is 37.7 Å². The molecular formula is C18H23F2N7. The average Bonchev–Trinajstić information content (AvgIpc) is 3.27. The van der Waals surface area contributed by atoms with Crippen LogP contribution >= 0.6 is 0 Å². The third kappa shape index (κ3) is 3.96. The van der Waals surface area contributed by atoms with Crippen molar-refractivity contribution in [2.24, 2.45) is 0 Å². The van der Waals surface area contributed by atoms with E-state index in [0.717, 1.165) is 23.5 Å². The van der Waals surface area contributed by atoms with Crippen molar-refractivity contribution in [3.8, 4) is 11.3 Å². The maximum absolute atomic E-state index is 13.4. The Morgan fingerprint density at radius 1 is 1.19 bits per heavy atom. The van der Waals surface area contributed by atoms with E-state index in [4.69, 9.17) is 0 Å². The van der Waals surface area contributed by atoms with Gasteiger partial charge in [0.1, 0.15) is 5.69 Å². The lowest BCUT2D eigenvalue weighted by Gasteiger charge is -2.17. The number of hydrogen-bond acceptors (Lipinski definition) is 5. The molecule has 0 aromatic carbocycles. The summed E-state index contributed by atoms with van der Waals surface area (Å²) in [7, 11) is 1.77. The molecule has 0 N–H and O–H groups in total. The summed E-state index contributed by atoms with van der Waals surface area (Å²) in [6.07, 6.45) is 0.858. The number of hydrogen-bond donors (Lipinski definition) is 0. The van der Waals surface area contributed by atoms with Gasteiger partial charge in [-0.3, -0.25) is 9.36 Å². The first-order valence-electron chi connectivity index (χ1n) is 8.86. The van der Waals surface area contributed by atoms with Crippen molar-refractivity contribution in [1.29, 1.82) is 0 Å². The van der Waals surface area contributed by atoms with Crippen LogP contribution in [-0.4, -0.2) is 36.6 Å². The van der Waals surface area contributed by atoms with E-state index < -0.39 is 6.43 Å². The van der Waals surface area contributed by atoms with Gasteiger partial charge >= 0.3 is 0 Å². The lowest BCUT2D eigenvalue weighted by atomic mass is 10.1. The molecule has 0 aliphatic heterocycles. The van der Waals surface area contributed by atoms with Crippen molar-refractivity contribution in [1.82, 2.24) is 29.5 Å². The number of halogens is 2. The van der Waals surface area contributed by atoms with Gasteiger partial charge in [-0.1, -0.05) is 0 Å². The van der Waals surface area contributed by atoms with E-state index in [1.165, 1.54) is 6.07 Å². The van der Waals surface area contributed by atoms with Gasteiger partial charge in [0, 0.05) is 37.6 Å². The minimum Gasteiger partial charge on any atom is -0.338 e. The molecule has 27 heavy (non-hydrogen) atoms. The Morgan fingerprint density at radius 2 is 1.96 bits per heavy atom. The van der Waals surface area contributed by atoms with Crippen molar-refractivity contribution in [2.75, 3.05) is 11.9 Å². The molecule has 0 bridgehead atoms. The van der Waals surface area contributed by atoms with E-state index in [-0.39, 0.29) is 11.6 Å². The van der Waals surface area contributed by atoms with Crippen LogP contribution in [0.15, 0.2) is 24.5 Å². The molecule has 0 unspecified atom stereocenters. The summed E-state index contributed by atoms with van der Waals surface area (Å²) in [6, 6.07) is 3.23. The van der Waals surface area contributed by atoms with Crippen LogP contribution < -0.4 is 4.90 Å². The van der Waals surface area contributed by atoms with Crippen LogP contribution in [-0.2, 0) is 19.6 Å². The van der Waals surface area contributed by atoms with Crippen LogP contribution in [0.2, 0.25) is 0 Å². The molecule has 0 spiro atoms. The standard InChI is InChI=1S/C18H23F2N7/c1-5-26-8-7-13(24-26)11-25(4)18-22-15(9-16(23-18)17(19)20)14-10-21-27(6-2)12(14)3/h7-10,17H,5-6,11H2,1-4H3. The monoisotopic (exact) mass is 375 g/mol. The highest BCUT2D eigenvalue weighted by Crippen LogP contribution is 2.27. The predicted molar refractivity (Wildman–Crippen MR) is 98.6 cm³/mol. The van der Waals surface area contributed by atoms with Crippen molar-refractivity contribution in [2.45, 2.75) is 46.8 Å². The van der Waals surface area contributed by atoms with Gasteiger partial charge in [0.15, 0.2) is 0 Å². The van der Waals surface area contributed by atoms with Gasteiger partial charge in [-0.25, -0.2) is 18.7 Å². The molecule has 9 heteroatoms. The number of aryl methyl sites for hydroxylation is 2. The topological polar surface area (TPSA) is 64.7 Å². The fourth-order valence-corrected chi connectivity index (χ4v) is 2.87. The molecule has 0 fully saturated rings. The summed E-state index contributed by atoms with van der Waals surface area (Å²) in [4.78, 5) is 10.3. The van der Waals surface area contributed by atoms with Gasteiger partial charge in [-0.15, -0.1) is 0 Å². The second kappa shape index (κ2) is 7.81. The van der Waals surface area contributed by atoms with Gasteiger partial charge in [-0.05, 0) is 32.9 Å². The fourth-order valence-electron chi connectivity index (χ4n) is 2.87. The Morgan fingerprint density at radius 3 is 2.56 bits per heavy atom. The number of anilines is 1. The smallest absolute Gasteiger partial charge is 0.280 e. The van der Waals surface area contributed by atoms with Crippen LogP contribution in [0.1, 0.15) is 37.4 Å². The van der Waals surface area contributed by atoms with Gasteiger partial charge in [-0.2, -0.15) is 10.2 Å². The second-order valence-corrected chi connectivity index (χ2v) is 6.26. The molecule has 0 amide bonds. The number of alkyl halides is 2. The van der Waals surface area contributed by atoms with Crippen molar-refractivity contribution >= 4 is 5.95 Å². The van der Waals surface area contributed by atoms with Crippen molar-refractivity contribution < 1.29 is 8.78 Å². The Balaban J connectivity index is 1.96. The fraction of sp³-hybridized carbons (Fsp3) is 0.444. The van der Waals surface area contributed by atoms with Crippen LogP contribution in [0.3, 0.4) is 0 Å². The molecule has 0 saturated carbocycles. The van der Waals surface area contributed by atoms with Crippen LogP contribution in [0.5, 0.6) is 0 Å². The first-order valence-corrected chi connectivity index (χ1v) is 8.86. The number of aromatic nitrogens is 6.